The fourth-order valence-corrected chi connectivity index (χ4v) is 1.68. The van der Waals surface area contributed by atoms with Crippen molar-refractivity contribution in [2.24, 2.45) is 0 Å². The third-order valence-corrected chi connectivity index (χ3v) is 2.72. The molecule has 7 heteroatoms. The molecular formula is C11H9ClFN3O2. The molecule has 0 fully saturated rings. The molecule has 2 rings (SSSR count). The highest BCUT2D eigenvalue weighted by atomic mass is 35.5. The molecule has 94 valence electrons. The predicted molar refractivity (Wildman–Crippen MR) is 64.2 cm³/mol. The molecule has 0 atom stereocenters. The van der Waals surface area contributed by atoms with Gasteiger partial charge in [0.2, 0.25) is 5.82 Å². The minimum atomic E-state index is -1.15. The van der Waals surface area contributed by atoms with Crippen molar-refractivity contribution in [3.05, 3.63) is 61.9 Å². The molecule has 0 aliphatic heterocycles. The standard InChI is InChI=1S/C11H9ClFN3O2/c12-9-8(13)10(17)16(11(18)15-9)6-3-7-1-4-14-5-2-7/h1-2,4-5H,3,6H2,(H,15,18). The Morgan fingerprint density at radius 3 is 2.67 bits per heavy atom. The average molecular weight is 270 g/mol. The molecule has 0 amide bonds. The third kappa shape index (κ3) is 2.48. The van der Waals surface area contributed by atoms with Crippen LogP contribution in [0.2, 0.25) is 5.15 Å². The van der Waals surface area contributed by atoms with Gasteiger partial charge in [0.15, 0.2) is 5.15 Å². The zero-order valence-electron chi connectivity index (χ0n) is 9.19. The molecule has 0 radical (unpaired) electrons. The Balaban J connectivity index is 2.28. The number of nitrogens with zero attached hydrogens (tertiary/aromatic N) is 2. The third-order valence-electron chi connectivity index (χ3n) is 2.46. The summed E-state index contributed by atoms with van der Waals surface area (Å²) >= 11 is 5.36. The van der Waals surface area contributed by atoms with Crippen LogP contribution in [0.4, 0.5) is 4.39 Å². The maximum absolute atomic E-state index is 13.3. The van der Waals surface area contributed by atoms with Gasteiger partial charge in [-0.05, 0) is 24.1 Å². The van der Waals surface area contributed by atoms with Gasteiger partial charge in [0.1, 0.15) is 0 Å². The summed E-state index contributed by atoms with van der Waals surface area (Å²) in [5.74, 6) is -1.15. The highest BCUT2D eigenvalue weighted by Gasteiger charge is 2.11. The van der Waals surface area contributed by atoms with Crippen molar-refractivity contribution in [3.63, 3.8) is 0 Å². The van der Waals surface area contributed by atoms with Crippen LogP contribution in [0.15, 0.2) is 34.1 Å². The average Bonchev–Trinajstić information content (AvgIpc) is 2.37. The minimum absolute atomic E-state index is 0.0757. The number of nitrogens with one attached hydrogen (secondary N) is 1. The maximum Gasteiger partial charge on any atom is 0.329 e. The second-order valence-electron chi connectivity index (χ2n) is 3.62. The van der Waals surface area contributed by atoms with E-state index in [1.807, 2.05) is 0 Å². The smallest absolute Gasteiger partial charge is 0.295 e. The molecule has 2 aromatic rings. The topological polar surface area (TPSA) is 67.8 Å². The van der Waals surface area contributed by atoms with Crippen molar-refractivity contribution >= 4 is 11.6 Å². The molecule has 0 aliphatic carbocycles. The van der Waals surface area contributed by atoms with Gasteiger partial charge in [-0.2, -0.15) is 4.39 Å². The van der Waals surface area contributed by atoms with Gasteiger partial charge in [-0.15, -0.1) is 0 Å². The van der Waals surface area contributed by atoms with E-state index in [4.69, 9.17) is 11.6 Å². The molecule has 2 aromatic heterocycles. The lowest BCUT2D eigenvalue weighted by Crippen LogP contribution is -2.37. The van der Waals surface area contributed by atoms with E-state index >= 15 is 0 Å². The Labute approximate surface area is 106 Å². The quantitative estimate of drug-likeness (QED) is 0.844. The van der Waals surface area contributed by atoms with Crippen molar-refractivity contribution in [1.29, 1.82) is 0 Å². The molecule has 0 spiro atoms. The molecule has 0 unspecified atom stereocenters. The first-order valence-electron chi connectivity index (χ1n) is 5.16. The van der Waals surface area contributed by atoms with E-state index in [-0.39, 0.29) is 6.54 Å². The van der Waals surface area contributed by atoms with Gasteiger partial charge in [-0.1, -0.05) is 11.6 Å². The Hall–Kier alpha value is -1.95. The first kappa shape index (κ1) is 12.5. The van der Waals surface area contributed by atoms with E-state index in [0.717, 1.165) is 10.1 Å². The summed E-state index contributed by atoms with van der Waals surface area (Å²) in [6.45, 7) is 0.0757. The second kappa shape index (κ2) is 5.14. The van der Waals surface area contributed by atoms with Gasteiger partial charge in [0.05, 0.1) is 0 Å². The molecule has 0 bridgehead atoms. The number of hydrogen-bond acceptors (Lipinski definition) is 3. The number of aryl methyl sites for hydroxylation is 1. The summed E-state index contributed by atoms with van der Waals surface area (Å²) in [6, 6.07) is 3.51. The molecule has 0 saturated carbocycles. The number of H-pyrrole nitrogens is 1. The molecule has 5 nitrogen and oxygen atoms in total. The van der Waals surface area contributed by atoms with E-state index < -0.39 is 22.2 Å². The van der Waals surface area contributed by atoms with E-state index in [1.54, 1.807) is 24.5 Å². The number of pyridine rings is 1. The van der Waals surface area contributed by atoms with Crippen LogP contribution in [0.5, 0.6) is 0 Å². The van der Waals surface area contributed by atoms with Crippen LogP contribution in [-0.2, 0) is 13.0 Å². The molecular weight excluding hydrogens is 261 g/mol. The fraction of sp³-hybridized carbons (Fsp3) is 0.182. The number of halogens is 2. The summed E-state index contributed by atoms with van der Waals surface area (Å²) in [7, 11) is 0. The normalized spacial score (nSPS) is 10.6. The van der Waals surface area contributed by atoms with Gasteiger partial charge in [-0.3, -0.25) is 19.3 Å². The van der Waals surface area contributed by atoms with Crippen LogP contribution in [0.3, 0.4) is 0 Å². The lowest BCUT2D eigenvalue weighted by atomic mass is 10.2. The lowest BCUT2D eigenvalue weighted by molar-refractivity contribution is 0.539. The van der Waals surface area contributed by atoms with Crippen LogP contribution in [0.1, 0.15) is 5.56 Å². The first-order valence-corrected chi connectivity index (χ1v) is 5.54. The molecule has 0 saturated heterocycles. The van der Waals surface area contributed by atoms with Gasteiger partial charge < -0.3 is 0 Å². The number of hydrogen-bond donors (Lipinski definition) is 1. The number of aromatic nitrogens is 3. The Morgan fingerprint density at radius 2 is 2.00 bits per heavy atom. The van der Waals surface area contributed by atoms with Crippen molar-refractivity contribution in [2.45, 2.75) is 13.0 Å². The summed E-state index contributed by atoms with van der Waals surface area (Å²) in [5.41, 5.74) is -0.843. The van der Waals surface area contributed by atoms with Crippen molar-refractivity contribution in [2.75, 3.05) is 0 Å². The van der Waals surface area contributed by atoms with Gasteiger partial charge in [0, 0.05) is 18.9 Å². The van der Waals surface area contributed by atoms with Crippen LogP contribution in [-0.4, -0.2) is 14.5 Å². The highest BCUT2D eigenvalue weighted by Crippen LogP contribution is 2.03. The predicted octanol–water partition coefficient (Wildman–Crippen LogP) is 0.967. The fourth-order valence-electron chi connectivity index (χ4n) is 1.51. The summed E-state index contributed by atoms with van der Waals surface area (Å²) in [5, 5.41) is -0.565. The summed E-state index contributed by atoms with van der Waals surface area (Å²) in [6.07, 6.45) is 3.63. The van der Waals surface area contributed by atoms with E-state index in [0.29, 0.717) is 6.42 Å². The monoisotopic (exact) mass is 269 g/mol. The second-order valence-corrected chi connectivity index (χ2v) is 4.00. The van der Waals surface area contributed by atoms with E-state index in [1.165, 1.54) is 0 Å². The maximum atomic E-state index is 13.3. The van der Waals surface area contributed by atoms with Crippen molar-refractivity contribution in [1.82, 2.24) is 14.5 Å². The van der Waals surface area contributed by atoms with Crippen molar-refractivity contribution in [3.8, 4) is 0 Å². The SMILES string of the molecule is O=c1[nH]c(Cl)c(F)c(=O)n1CCc1ccncc1. The van der Waals surface area contributed by atoms with Gasteiger partial charge in [-0.25, -0.2) is 4.79 Å². The van der Waals surface area contributed by atoms with Gasteiger partial charge in [0.25, 0.3) is 5.56 Å². The summed E-state index contributed by atoms with van der Waals surface area (Å²) < 4.78 is 14.0. The van der Waals surface area contributed by atoms with Gasteiger partial charge >= 0.3 is 5.69 Å². The summed E-state index contributed by atoms with van der Waals surface area (Å²) in [4.78, 5) is 28.9. The zero-order chi connectivity index (χ0) is 13.1. The Bertz CT molecular complexity index is 666. The molecule has 1 N–H and O–H groups in total. The van der Waals surface area contributed by atoms with Crippen LogP contribution >= 0.6 is 11.6 Å². The molecule has 18 heavy (non-hydrogen) atoms. The molecule has 0 aliphatic rings. The highest BCUT2D eigenvalue weighted by molar-refractivity contribution is 6.29. The minimum Gasteiger partial charge on any atom is -0.295 e. The zero-order valence-corrected chi connectivity index (χ0v) is 9.95. The first-order chi connectivity index (χ1) is 8.59. The number of rotatable bonds is 3. The van der Waals surface area contributed by atoms with Crippen LogP contribution in [0.25, 0.3) is 0 Å². The van der Waals surface area contributed by atoms with E-state index in [9.17, 15) is 14.0 Å². The lowest BCUT2D eigenvalue weighted by Gasteiger charge is -2.05. The van der Waals surface area contributed by atoms with Crippen molar-refractivity contribution < 1.29 is 4.39 Å². The largest absolute Gasteiger partial charge is 0.329 e. The number of aromatic amines is 1. The molecule has 2 heterocycles. The van der Waals surface area contributed by atoms with Crippen LogP contribution in [0, 0.1) is 5.82 Å². The Morgan fingerprint density at radius 1 is 1.33 bits per heavy atom. The van der Waals surface area contributed by atoms with E-state index in [2.05, 4.69) is 9.97 Å². The molecule has 0 aromatic carbocycles. The Kier molecular flexibility index (Phi) is 3.57. The van der Waals surface area contributed by atoms with Crippen LogP contribution < -0.4 is 11.2 Å².